The molecule has 0 heterocycles. The predicted octanol–water partition coefficient (Wildman–Crippen LogP) is 36.7. The van der Waals surface area contributed by atoms with Crippen molar-refractivity contribution in [2.24, 2.45) is 5.92 Å². The molecule has 140 heavy (non-hydrogen) atoms. The first kappa shape index (κ1) is 117. The number of phenolic OH excluding ortho intramolecular Hbond substituents is 3. The van der Waals surface area contributed by atoms with Crippen LogP contribution in [0.1, 0.15) is 384 Å². The highest BCUT2D eigenvalue weighted by Gasteiger charge is 2.22. The van der Waals surface area contributed by atoms with Gasteiger partial charge in [0, 0.05) is 11.1 Å². The average molecular weight is 1910 g/mol. The van der Waals surface area contributed by atoms with Crippen LogP contribution in [0.2, 0.25) is 0 Å². The van der Waals surface area contributed by atoms with E-state index in [4.69, 9.17) is 58.0 Å². The highest BCUT2D eigenvalue weighted by atomic mass is 16.7. The molecular weight excluding hydrogens is 1730 g/mol. The van der Waals surface area contributed by atoms with Crippen molar-refractivity contribution < 1.29 is 58.0 Å². The molecule has 3 fully saturated rings. The second-order valence-electron chi connectivity index (χ2n) is 38.8. The summed E-state index contributed by atoms with van der Waals surface area (Å²) in [6.45, 7) is 44.9. The van der Waals surface area contributed by atoms with Gasteiger partial charge in [0.25, 0.3) is 0 Å². The summed E-state index contributed by atoms with van der Waals surface area (Å²) in [7, 11) is 0. The fraction of sp³-hybridized carbons (Fsp3) is 0.484. The Balaban J connectivity index is 0.000000226. The van der Waals surface area contributed by atoms with Crippen molar-refractivity contribution in [3.8, 4) is 68.2 Å². The van der Waals surface area contributed by atoms with E-state index in [1.54, 1.807) is 24.3 Å². The van der Waals surface area contributed by atoms with Gasteiger partial charge in [0.1, 0.15) is 52.6 Å². The molecule has 0 spiro atoms. The van der Waals surface area contributed by atoms with E-state index in [-0.39, 0.29) is 25.2 Å². The zero-order valence-corrected chi connectivity index (χ0v) is 89.3. The molecule has 3 saturated carbocycles. The van der Waals surface area contributed by atoms with E-state index < -0.39 is 0 Å². The van der Waals surface area contributed by atoms with Crippen LogP contribution in [0.5, 0.6) is 46.0 Å². The summed E-state index contributed by atoms with van der Waals surface area (Å²) in [5.74, 6) is 11.1. The van der Waals surface area contributed by atoms with Crippen molar-refractivity contribution in [1.29, 1.82) is 0 Å². The van der Waals surface area contributed by atoms with Crippen molar-refractivity contribution in [2.45, 2.75) is 377 Å². The van der Waals surface area contributed by atoms with Gasteiger partial charge >= 0.3 is 0 Å². The minimum Gasteiger partial charge on any atom is -0.508 e. The molecule has 0 saturated heterocycles. The number of para-hydroxylation sites is 1. The molecule has 0 aliphatic heterocycles. The minimum absolute atomic E-state index is 0.160. The molecule has 12 atom stereocenters. The SMILES string of the molecule is CCC(C)c1ccc(O)cc1.CCC(C)c1ccc(OC(C)OC2CCCCC2)cc1.CCC(C)c1ccc(OC(C)OCCOc2c(-c3ccccc3)cccc2-c2ccccc2)cc1.CCC(C)c1cccc(O)c1.CCC(C)c1cccc(O)c1.CCC(C)c1cccc(OC(C)OC2CCCCC2)c1.CCC(C)c1cccc(OC(C)OCCC2CCCCC2)c1.CCC(C)c1ccccc1. The summed E-state index contributed by atoms with van der Waals surface area (Å²) in [5, 5.41) is 27.3. The molecule has 762 valence electrons. The van der Waals surface area contributed by atoms with E-state index in [1.807, 2.05) is 137 Å². The second kappa shape index (κ2) is 67.2. The van der Waals surface area contributed by atoms with E-state index >= 15 is 0 Å². The number of rotatable bonds is 39. The van der Waals surface area contributed by atoms with Gasteiger partial charge in [0.2, 0.25) is 0 Å². The first-order valence-corrected chi connectivity index (χ1v) is 53.7. The standard InChI is InChI=1S/C32H34O3.C20H32O2.2C18H28O2.3C10H14O.C10H14/c1-4-24(2)26-18-20-29(21-19-26)35-25(3)33-22-23-34-32-30(27-12-7-5-8-13-27)16-11-17-31(32)28-14-9-6-10-15-28;1-4-16(2)19-11-8-12-20(15-19)22-17(3)21-14-13-18-9-6-5-7-10-18;1-4-14(2)16-9-8-12-18(13-16)20-15(3)19-17-10-6-5-7-11-17;1-4-14(2)16-10-12-18(13-11-16)20-15(3)19-17-8-6-5-7-9-17;1-3-8(2)9-4-6-10(11)7-5-9;2*1-3-8(2)9-5-4-6-10(11)7-9;1-3-9(2)10-7-5-4-6-8-10/h5-21,24-25H,4,22-23H2,1-3H3;8,11-12,15-18H,4-7,9-10,13-14H2,1-3H3;8-9,12-15,17H,4-7,10-11H2,1-3H3;10-15,17H,4-9H2,1-3H3;3*4-8,11H,3H2,1-2H3;4-9H,3H2,1-2H3. The summed E-state index contributed by atoms with van der Waals surface area (Å²) in [6.07, 6.45) is 29.9. The Kier molecular flexibility index (Phi) is 56.0. The van der Waals surface area contributed by atoms with Gasteiger partial charge < -0.3 is 58.0 Å². The van der Waals surface area contributed by atoms with E-state index in [0.717, 1.165) is 102 Å². The van der Waals surface area contributed by atoms with E-state index in [1.165, 1.54) is 160 Å². The molecule has 0 amide bonds. The van der Waals surface area contributed by atoms with Crippen LogP contribution in [0, 0.1) is 5.92 Å². The lowest BCUT2D eigenvalue weighted by Crippen LogP contribution is -2.26. The molecule has 12 heteroatoms. The normalized spacial score (nSPS) is 15.7. The molecule has 3 N–H and O–H groups in total. The number of phenols is 3. The number of hydrogen-bond donors (Lipinski definition) is 3. The van der Waals surface area contributed by atoms with Crippen molar-refractivity contribution >= 4 is 0 Å². The van der Waals surface area contributed by atoms with Crippen molar-refractivity contribution in [3.05, 3.63) is 324 Å². The fourth-order valence-corrected chi connectivity index (χ4v) is 17.1. The van der Waals surface area contributed by atoms with Crippen molar-refractivity contribution in [1.82, 2.24) is 0 Å². The Bertz CT molecular complexity index is 4880. The third-order valence-corrected chi connectivity index (χ3v) is 27.9. The summed E-state index contributed by atoms with van der Waals surface area (Å²) >= 11 is 0. The summed E-state index contributed by atoms with van der Waals surface area (Å²) in [4.78, 5) is 0. The highest BCUT2D eigenvalue weighted by molar-refractivity contribution is 5.82. The fourth-order valence-electron chi connectivity index (χ4n) is 17.1. The van der Waals surface area contributed by atoms with Crippen LogP contribution in [0.25, 0.3) is 22.3 Å². The molecule has 0 bridgehead atoms. The molecular formula is C128H178O12. The summed E-state index contributed by atoms with van der Waals surface area (Å²) < 4.78 is 53.7. The third-order valence-electron chi connectivity index (χ3n) is 27.9. The Hall–Kier alpha value is -10.3. The lowest BCUT2D eigenvalue weighted by molar-refractivity contribution is -0.117. The van der Waals surface area contributed by atoms with Gasteiger partial charge in [-0.2, -0.15) is 0 Å². The van der Waals surface area contributed by atoms with E-state index in [0.29, 0.717) is 90.0 Å². The topological polar surface area (TPSA) is 144 Å². The van der Waals surface area contributed by atoms with Crippen LogP contribution in [0.15, 0.2) is 279 Å². The van der Waals surface area contributed by atoms with Crippen molar-refractivity contribution in [3.63, 3.8) is 0 Å². The second-order valence-corrected chi connectivity index (χ2v) is 38.8. The van der Waals surface area contributed by atoms with Gasteiger partial charge in [0.05, 0.1) is 25.4 Å². The first-order valence-electron chi connectivity index (χ1n) is 53.7. The predicted molar refractivity (Wildman–Crippen MR) is 588 cm³/mol. The van der Waals surface area contributed by atoms with Gasteiger partial charge in [-0.25, -0.2) is 0 Å². The average Bonchev–Trinajstić information content (AvgIpc) is 0.798. The Morgan fingerprint density at radius 1 is 0.243 bits per heavy atom. The molecule has 3 aliphatic rings. The maximum atomic E-state index is 9.16. The molecule has 3 aliphatic carbocycles. The van der Waals surface area contributed by atoms with Gasteiger partial charge in [-0.3, -0.25) is 0 Å². The smallest absolute Gasteiger partial charge is 0.197 e. The Labute approximate surface area is 847 Å². The van der Waals surface area contributed by atoms with Gasteiger partial charge in [-0.15, -0.1) is 0 Å². The van der Waals surface area contributed by atoms with Crippen LogP contribution >= 0.6 is 0 Å². The van der Waals surface area contributed by atoms with Crippen LogP contribution in [0.3, 0.4) is 0 Å². The Morgan fingerprint density at radius 3 is 0.893 bits per heavy atom. The molecule has 12 unspecified atom stereocenters. The first-order chi connectivity index (χ1) is 67.8. The number of benzene rings is 11. The van der Waals surface area contributed by atoms with E-state index in [2.05, 4.69) is 256 Å². The molecule has 11 aromatic carbocycles. The minimum atomic E-state index is -0.369. The molecule has 0 aromatic heterocycles. The number of hydrogen-bond acceptors (Lipinski definition) is 12. The van der Waals surface area contributed by atoms with E-state index in [9.17, 15) is 0 Å². The monoisotopic (exact) mass is 1910 g/mol. The Morgan fingerprint density at radius 2 is 0.529 bits per heavy atom. The maximum Gasteiger partial charge on any atom is 0.197 e. The molecule has 11 aromatic rings. The molecule has 14 rings (SSSR count). The number of aromatic hydroxyl groups is 3. The molecule has 0 radical (unpaired) electrons. The van der Waals surface area contributed by atoms with Crippen LogP contribution in [-0.2, 0) is 18.9 Å². The zero-order valence-electron chi connectivity index (χ0n) is 89.3. The van der Waals surface area contributed by atoms with Crippen LogP contribution in [-0.4, -0.2) is 72.5 Å². The van der Waals surface area contributed by atoms with Gasteiger partial charge in [-0.05, 0) is 305 Å². The van der Waals surface area contributed by atoms with Crippen LogP contribution < -0.4 is 23.7 Å². The van der Waals surface area contributed by atoms with Gasteiger partial charge in [-0.1, -0.05) is 376 Å². The van der Waals surface area contributed by atoms with Crippen LogP contribution in [0.4, 0.5) is 0 Å². The lowest BCUT2D eigenvalue weighted by atomic mass is 9.87. The quantitative estimate of drug-likeness (QED) is 0.0249. The number of ether oxygens (including phenoxy) is 9. The van der Waals surface area contributed by atoms with Crippen molar-refractivity contribution in [2.75, 3.05) is 19.8 Å². The largest absolute Gasteiger partial charge is 0.508 e. The molecule has 12 nitrogen and oxygen atoms in total. The lowest BCUT2D eigenvalue weighted by Gasteiger charge is -2.26. The maximum absolute atomic E-state index is 9.16. The highest BCUT2D eigenvalue weighted by Crippen LogP contribution is 2.40. The summed E-state index contributed by atoms with van der Waals surface area (Å²) in [6, 6.07) is 93.5. The zero-order chi connectivity index (χ0) is 101. The third kappa shape index (κ3) is 44.4. The summed E-state index contributed by atoms with van der Waals surface area (Å²) in [5.41, 5.74) is 14.9. The van der Waals surface area contributed by atoms with Gasteiger partial charge in [0.15, 0.2) is 25.2 Å².